The molecule has 200 valence electrons. The summed E-state index contributed by atoms with van der Waals surface area (Å²) in [6.45, 7) is 1.43. The first-order chi connectivity index (χ1) is 19.6. The third kappa shape index (κ3) is 4.41. The fraction of sp³-hybridized carbons (Fsp3) is 0.219. The maximum Gasteiger partial charge on any atom is 0.305 e. The zero-order chi connectivity index (χ0) is 27.1. The van der Waals surface area contributed by atoms with E-state index in [1.807, 2.05) is 60.7 Å². The fourth-order valence-corrected chi connectivity index (χ4v) is 5.65. The standard InChI is InChI=1S/C32H28N4O4/c37-31(38)18-27(21-11-13-24-23-6-1-2-8-29(23)40-30(24)17-21)36-26-7-3-9-28(25(26)19-34-36)39-16-14-22-12-10-20-5-4-15-33-32(20)35-22/h1-3,6-13,17,19,27H,4-5,14-16,18H2,(H,33,35)(H,37,38). The Balaban J connectivity index is 1.17. The Kier molecular flexibility index (Phi) is 6.07. The predicted octanol–water partition coefficient (Wildman–Crippen LogP) is 6.37. The van der Waals surface area contributed by atoms with Crippen molar-refractivity contribution in [3.8, 4) is 5.75 Å². The Labute approximate surface area is 230 Å². The number of pyridine rings is 1. The van der Waals surface area contributed by atoms with Crippen molar-refractivity contribution < 1.29 is 19.1 Å². The van der Waals surface area contributed by atoms with Crippen molar-refractivity contribution in [2.24, 2.45) is 0 Å². The van der Waals surface area contributed by atoms with E-state index in [1.54, 1.807) is 10.9 Å². The summed E-state index contributed by atoms with van der Waals surface area (Å²) in [5.74, 6) is 0.789. The summed E-state index contributed by atoms with van der Waals surface area (Å²) in [6.07, 6.45) is 4.51. The van der Waals surface area contributed by atoms with E-state index in [-0.39, 0.29) is 6.42 Å². The molecule has 3 aromatic carbocycles. The third-order valence-corrected chi connectivity index (χ3v) is 7.62. The Hall–Kier alpha value is -4.85. The maximum atomic E-state index is 12.0. The van der Waals surface area contributed by atoms with Crippen LogP contribution in [0.3, 0.4) is 0 Å². The van der Waals surface area contributed by atoms with Crippen molar-refractivity contribution in [1.82, 2.24) is 14.8 Å². The normalized spacial score (nSPS) is 13.8. The molecule has 6 aromatic rings. The summed E-state index contributed by atoms with van der Waals surface area (Å²) in [5, 5.41) is 20.7. The second-order valence-electron chi connectivity index (χ2n) is 10.2. The SMILES string of the molecule is O=C(O)CC(c1ccc2c(c1)oc1ccccc12)n1ncc2c(OCCc3ccc4c(n3)NCCC4)cccc21. The number of aliphatic carboxylic acids is 1. The molecule has 1 aliphatic rings. The van der Waals surface area contributed by atoms with Gasteiger partial charge >= 0.3 is 5.97 Å². The summed E-state index contributed by atoms with van der Waals surface area (Å²) < 4.78 is 14.0. The lowest BCUT2D eigenvalue weighted by Crippen LogP contribution is -2.16. The summed E-state index contributed by atoms with van der Waals surface area (Å²) in [7, 11) is 0. The van der Waals surface area contributed by atoms with E-state index in [4.69, 9.17) is 14.1 Å². The second-order valence-corrected chi connectivity index (χ2v) is 10.2. The van der Waals surface area contributed by atoms with Crippen LogP contribution in [0.2, 0.25) is 0 Å². The number of aryl methyl sites for hydroxylation is 1. The number of hydrogen-bond donors (Lipinski definition) is 2. The van der Waals surface area contributed by atoms with E-state index in [0.29, 0.717) is 18.8 Å². The molecule has 0 spiro atoms. The molecular weight excluding hydrogens is 504 g/mol. The van der Waals surface area contributed by atoms with Crippen molar-refractivity contribution in [1.29, 1.82) is 0 Å². The number of furan rings is 1. The minimum atomic E-state index is -0.905. The molecule has 8 nitrogen and oxygen atoms in total. The fourth-order valence-electron chi connectivity index (χ4n) is 5.65. The van der Waals surface area contributed by atoms with Crippen LogP contribution in [0.25, 0.3) is 32.8 Å². The molecule has 0 bridgehead atoms. The number of para-hydroxylation sites is 1. The molecule has 1 aliphatic heterocycles. The van der Waals surface area contributed by atoms with Gasteiger partial charge in [-0.15, -0.1) is 0 Å². The van der Waals surface area contributed by atoms with Crippen LogP contribution in [0.15, 0.2) is 83.4 Å². The molecule has 0 saturated carbocycles. The molecule has 1 atom stereocenters. The third-order valence-electron chi connectivity index (χ3n) is 7.62. The average molecular weight is 533 g/mol. The van der Waals surface area contributed by atoms with E-state index in [2.05, 4.69) is 22.5 Å². The number of aromatic nitrogens is 3. The molecule has 8 heteroatoms. The lowest BCUT2D eigenvalue weighted by atomic mass is 10.0. The molecule has 0 fully saturated rings. The lowest BCUT2D eigenvalue weighted by molar-refractivity contribution is -0.137. The van der Waals surface area contributed by atoms with Gasteiger partial charge in [0.1, 0.15) is 22.7 Å². The highest BCUT2D eigenvalue weighted by atomic mass is 16.5. The van der Waals surface area contributed by atoms with Crippen LogP contribution >= 0.6 is 0 Å². The highest BCUT2D eigenvalue weighted by molar-refractivity contribution is 6.05. The minimum absolute atomic E-state index is 0.119. The van der Waals surface area contributed by atoms with Crippen molar-refractivity contribution in [3.63, 3.8) is 0 Å². The van der Waals surface area contributed by atoms with E-state index < -0.39 is 12.0 Å². The summed E-state index contributed by atoms with van der Waals surface area (Å²) >= 11 is 0. The Morgan fingerprint density at radius 2 is 1.93 bits per heavy atom. The molecule has 4 heterocycles. The molecular formula is C32H28N4O4. The summed E-state index contributed by atoms with van der Waals surface area (Å²) in [4.78, 5) is 16.7. The van der Waals surface area contributed by atoms with Crippen LogP contribution < -0.4 is 10.1 Å². The number of carboxylic acid groups (broad SMARTS) is 1. The maximum absolute atomic E-state index is 12.0. The minimum Gasteiger partial charge on any atom is -0.492 e. The van der Waals surface area contributed by atoms with Gasteiger partial charge in [-0.1, -0.05) is 42.5 Å². The largest absolute Gasteiger partial charge is 0.492 e. The van der Waals surface area contributed by atoms with Gasteiger partial charge < -0.3 is 19.6 Å². The van der Waals surface area contributed by atoms with E-state index >= 15 is 0 Å². The Morgan fingerprint density at radius 1 is 1.02 bits per heavy atom. The number of anilines is 1. The van der Waals surface area contributed by atoms with Crippen LogP contribution in [-0.4, -0.2) is 39.0 Å². The first kappa shape index (κ1) is 24.2. The average Bonchev–Trinajstić information content (AvgIpc) is 3.57. The first-order valence-corrected chi connectivity index (χ1v) is 13.6. The molecule has 0 amide bonds. The number of carboxylic acids is 1. The van der Waals surface area contributed by atoms with Crippen molar-refractivity contribution in [2.45, 2.75) is 31.7 Å². The Morgan fingerprint density at radius 3 is 2.85 bits per heavy atom. The van der Waals surface area contributed by atoms with Gasteiger partial charge in [0.25, 0.3) is 0 Å². The van der Waals surface area contributed by atoms with E-state index in [0.717, 1.165) is 69.3 Å². The molecule has 0 radical (unpaired) electrons. The van der Waals surface area contributed by atoms with Crippen molar-refractivity contribution in [2.75, 3.05) is 18.5 Å². The van der Waals surface area contributed by atoms with Crippen molar-refractivity contribution >= 4 is 44.6 Å². The molecule has 3 aromatic heterocycles. The Bertz CT molecular complexity index is 1870. The molecule has 7 rings (SSSR count). The monoisotopic (exact) mass is 532 g/mol. The van der Waals surface area contributed by atoms with Crippen molar-refractivity contribution in [3.05, 3.63) is 95.8 Å². The molecule has 0 saturated heterocycles. The smallest absolute Gasteiger partial charge is 0.305 e. The van der Waals surface area contributed by atoms with Crippen LogP contribution in [0.1, 0.15) is 35.7 Å². The zero-order valence-corrected chi connectivity index (χ0v) is 21.8. The van der Waals surface area contributed by atoms with Crippen LogP contribution in [0.5, 0.6) is 5.75 Å². The van der Waals surface area contributed by atoms with Crippen LogP contribution in [-0.2, 0) is 17.6 Å². The van der Waals surface area contributed by atoms with E-state index in [9.17, 15) is 9.90 Å². The predicted molar refractivity (Wildman–Crippen MR) is 154 cm³/mol. The second kappa shape index (κ2) is 10.0. The highest BCUT2D eigenvalue weighted by Crippen LogP contribution is 2.35. The van der Waals surface area contributed by atoms with Gasteiger partial charge in [-0.3, -0.25) is 9.48 Å². The summed E-state index contributed by atoms with van der Waals surface area (Å²) in [6, 6.07) is 23.3. The number of fused-ring (bicyclic) bond motifs is 5. The molecule has 0 aliphatic carbocycles. The topological polar surface area (TPSA) is 102 Å². The van der Waals surface area contributed by atoms with Crippen LogP contribution in [0.4, 0.5) is 5.82 Å². The van der Waals surface area contributed by atoms with Gasteiger partial charge in [-0.2, -0.15) is 5.10 Å². The van der Waals surface area contributed by atoms with Gasteiger partial charge in [0, 0.05) is 29.4 Å². The molecule has 1 unspecified atom stereocenters. The number of hydrogen-bond acceptors (Lipinski definition) is 6. The number of ether oxygens (including phenoxy) is 1. The number of rotatable bonds is 8. The summed E-state index contributed by atoms with van der Waals surface area (Å²) in [5.41, 5.74) is 5.40. The number of nitrogens with zero attached hydrogens (tertiary/aromatic N) is 3. The zero-order valence-electron chi connectivity index (χ0n) is 21.8. The van der Waals surface area contributed by atoms with Crippen LogP contribution in [0, 0.1) is 0 Å². The first-order valence-electron chi connectivity index (χ1n) is 13.6. The van der Waals surface area contributed by atoms with E-state index in [1.165, 1.54) is 5.56 Å². The molecule has 40 heavy (non-hydrogen) atoms. The number of benzene rings is 3. The van der Waals surface area contributed by atoms with Gasteiger partial charge in [0.05, 0.1) is 36.2 Å². The lowest BCUT2D eigenvalue weighted by Gasteiger charge is -2.18. The molecule has 2 N–H and O–H groups in total. The highest BCUT2D eigenvalue weighted by Gasteiger charge is 2.23. The van der Waals surface area contributed by atoms with Gasteiger partial charge in [-0.05, 0) is 54.3 Å². The van der Waals surface area contributed by atoms with Gasteiger partial charge in [0.15, 0.2) is 0 Å². The van der Waals surface area contributed by atoms with Gasteiger partial charge in [0.2, 0.25) is 0 Å². The number of carbonyl (C=O) groups is 1. The van der Waals surface area contributed by atoms with Gasteiger partial charge in [-0.25, -0.2) is 4.98 Å². The number of nitrogens with one attached hydrogen (secondary N) is 1. The quantitative estimate of drug-likeness (QED) is 0.235.